The minimum Gasteiger partial charge on any atom is -0.497 e. The molecule has 1 rings (SSSR count). The van der Waals surface area contributed by atoms with Crippen molar-refractivity contribution >= 4 is 0 Å². The minimum atomic E-state index is -0.230. The molecule has 0 aliphatic heterocycles. The molecule has 0 saturated heterocycles. The maximum atomic E-state index is 5.65. The molecule has 1 N–H and O–H groups in total. The molecule has 0 fully saturated rings. The second kappa shape index (κ2) is 8.91. The smallest absolute Gasteiger partial charge is 0.172 e. The second-order valence-electron chi connectivity index (χ2n) is 4.23. The van der Waals surface area contributed by atoms with Crippen LogP contribution >= 0.6 is 0 Å². The molecule has 4 nitrogen and oxygen atoms in total. The summed E-state index contributed by atoms with van der Waals surface area (Å²) in [5.41, 5.74) is 1.20. The lowest BCUT2D eigenvalue weighted by Gasteiger charge is -2.26. The minimum absolute atomic E-state index is 0.118. The Balaban J connectivity index is 2.72. The van der Waals surface area contributed by atoms with E-state index in [4.69, 9.17) is 14.2 Å². The maximum absolute atomic E-state index is 5.65. The van der Waals surface area contributed by atoms with Gasteiger partial charge in [0.2, 0.25) is 0 Å². The SMILES string of the molecule is CCOC(OCC)C(Cc1cccc(OC)c1)NC. The Kier molecular flexibility index (Phi) is 7.48. The van der Waals surface area contributed by atoms with E-state index in [1.165, 1.54) is 5.56 Å². The Bertz CT molecular complexity index is 351. The molecular formula is C15H25NO3. The molecule has 1 atom stereocenters. The third-order valence-electron chi connectivity index (χ3n) is 2.95. The molecule has 1 aromatic rings. The van der Waals surface area contributed by atoms with Gasteiger partial charge in [0.1, 0.15) is 5.75 Å². The summed E-state index contributed by atoms with van der Waals surface area (Å²) in [5, 5.41) is 3.27. The summed E-state index contributed by atoms with van der Waals surface area (Å²) >= 11 is 0. The molecule has 108 valence electrons. The number of hydrogen-bond acceptors (Lipinski definition) is 4. The number of benzene rings is 1. The molecule has 4 heteroatoms. The molecule has 0 aliphatic rings. The lowest BCUT2D eigenvalue weighted by atomic mass is 10.1. The lowest BCUT2D eigenvalue weighted by Crippen LogP contribution is -2.42. The Labute approximate surface area is 116 Å². The number of methoxy groups -OCH3 is 1. The highest BCUT2D eigenvalue weighted by Gasteiger charge is 2.21. The highest BCUT2D eigenvalue weighted by molar-refractivity contribution is 5.29. The molecule has 0 spiro atoms. The van der Waals surface area contributed by atoms with E-state index in [9.17, 15) is 0 Å². The topological polar surface area (TPSA) is 39.7 Å². The molecule has 0 heterocycles. The molecule has 0 aromatic heterocycles. The van der Waals surface area contributed by atoms with E-state index in [0.717, 1.165) is 12.2 Å². The van der Waals surface area contributed by atoms with Crippen molar-refractivity contribution in [1.29, 1.82) is 0 Å². The summed E-state index contributed by atoms with van der Waals surface area (Å²) in [5.74, 6) is 0.872. The van der Waals surface area contributed by atoms with Crippen molar-refractivity contribution in [3.05, 3.63) is 29.8 Å². The number of hydrogen-bond donors (Lipinski definition) is 1. The molecule has 0 radical (unpaired) electrons. The van der Waals surface area contributed by atoms with Gasteiger partial charge in [-0.2, -0.15) is 0 Å². The fourth-order valence-corrected chi connectivity index (χ4v) is 2.00. The van der Waals surface area contributed by atoms with Gasteiger partial charge in [0.25, 0.3) is 0 Å². The van der Waals surface area contributed by atoms with Crippen molar-refractivity contribution in [3.8, 4) is 5.75 Å². The van der Waals surface area contributed by atoms with Crippen molar-refractivity contribution in [2.45, 2.75) is 32.6 Å². The summed E-state index contributed by atoms with van der Waals surface area (Å²) in [6, 6.07) is 8.19. The molecule has 1 aromatic carbocycles. The zero-order chi connectivity index (χ0) is 14.1. The van der Waals surface area contributed by atoms with Gasteiger partial charge in [0.05, 0.1) is 13.2 Å². The first-order valence-corrected chi connectivity index (χ1v) is 6.78. The van der Waals surface area contributed by atoms with Gasteiger partial charge in [-0.25, -0.2) is 0 Å². The van der Waals surface area contributed by atoms with E-state index in [1.54, 1.807) is 7.11 Å². The maximum Gasteiger partial charge on any atom is 0.172 e. The fourth-order valence-electron chi connectivity index (χ4n) is 2.00. The van der Waals surface area contributed by atoms with E-state index in [-0.39, 0.29) is 12.3 Å². The highest BCUT2D eigenvalue weighted by atomic mass is 16.7. The van der Waals surface area contributed by atoms with Gasteiger partial charge in [0, 0.05) is 13.2 Å². The van der Waals surface area contributed by atoms with E-state index in [1.807, 2.05) is 39.1 Å². The molecule has 1 unspecified atom stereocenters. The summed E-state index contributed by atoms with van der Waals surface area (Å²) in [6.45, 7) is 5.23. The predicted octanol–water partition coefficient (Wildman–Crippen LogP) is 2.22. The Morgan fingerprint density at radius 3 is 2.37 bits per heavy atom. The van der Waals surface area contributed by atoms with Crippen LogP contribution in [0.5, 0.6) is 5.75 Å². The van der Waals surface area contributed by atoms with Crippen molar-refractivity contribution in [2.24, 2.45) is 0 Å². The first kappa shape index (κ1) is 16.0. The van der Waals surface area contributed by atoms with Gasteiger partial charge in [0.15, 0.2) is 6.29 Å². The third-order valence-corrected chi connectivity index (χ3v) is 2.95. The number of likely N-dealkylation sites (N-methyl/N-ethyl adjacent to an activating group) is 1. The quantitative estimate of drug-likeness (QED) is 0.696. The van der Waals surface area contributed by atoms with Crippen LogP contribution in [-0.2, 0) is 15.9 Å². The Morgan fingerprint density at radius 1 is 1.16 bits per heavy atom. The zero-order valence-corrected chi connectivity index (χ0v) is 12.3. The second-order valence-corrected chi connectivity index (χ2v) is 4.23. The van der Waals surface area contributed by atoms with E-state index in [0.29, 0.717) is 13.2 Å². The van der Waals surface area contributed by atoms with E-state index >= 15 is 0 Å². The van der Waals surface area contributed by atoms with E-state index < -0.39 is 0 Å². The van der Waals surface area contributed by atoms with Gasteiger partial charge < -0.3 is 19.5 Å². The summed E-state index contributed by atoms with van der Waals surface area (Å²) < 4.78 is 16.5. The molecule has 0 aliphatic carbocycles. The molecule has 19 heavy (non-hydrogen) atoms. The van der Waals surface area contributed by atoms with Gasteiger partial charge in [-0.05, 0) is 45.0 Å². The molecule has 0 saturated carbocycles. The van der Waals surface area contributed by atoms with Gasteiger partial charge in [-0.1, -0.05) is 12.1 Å². The largest absolute Gasteiger partial charge is 0.497 e. The number of nitrogens with one attached hydrogen (secondary N) is 1. The third kappa shape index (κ3) is 5.19. The average Bonchev–Trinajstić information content (AvgIpc) is 2.45. The van der Waals surface area contributed by atoms with Crippen LogP contribution in [0.15, 0.2) is 24.3 Å². The van der Waals surface area contributed by atoms with Crippen LogP contribution in [0.4, 0.5) is 0 Å². The molecular weight excluding hydrogens is 242 g/mol. The summed E-state index contributed by atoms with van der Waals surface area (Å²) in [7, 11) is 3.60. The van der Waals surface area contributed by atoms with Gasteiger partial charge in [-0.3, -0.25) is 0 Å². The van der Waals surface area contributed by atoms with Crippen LogP contribution in [-0.4, -0.2) is 39.7 Å². The van der Waals surface area contributed by atoms with Gasteiger partial charge in [-0.15, -0.1) is 0 Å². The van der Waals surface area contributed by atoms with Crippen molar-refractivity contribution in [3.63, 3.8) is 0 Å². The average molecular weight is 267 g/mol. The standard InChI is InChI=1S/C15H25NO3/c1-5-18-15(19-6-2)14(16-3)11-12-8-7-9-13(10-12)17-4/h7-10,14-16H,5-6,11H2,1-4H3. The van der Waals surface area contributed by atoms with Gasteiger partial charge >= 0.3 is 0 Å². The van der Waals surface area contributed by atoms with Crippen LogP contribution in [0.25, 0.3) is 0 Å². The van der Waals surface area contributed by atoms with Crippen molar-refractivity contribution < 1.29 is 14.2 Å². The van der Waals surface area contributed by atoms with Crippen LogP contribution in [0.2, 0.25) is 0 Å². The highest BCUT2D eigenvalue weighted by Crippen LogP contribution is 2.16. The lowest BCUT2D eigenvalue weighted by molar-refractivity contribution is -0.152. The monoisotopic (exact) mass is 267 g/mol. The number of ether oxygens (including phenoxy) is 3. The Morgan fingerprint density at radius 2 is 1.84 bits per heavy atom. The van der Waals surface area contributed by atoms with Crippen LogP contribution in [0, 0.1) is 0 Å². The molecule has 0 bridgehead atoms. The van der Waals surface area contributed by atoms with E-state index in [2.05, 4.69) is 11.4 Å². The van der Waals surface area contributed by atoms with Crippen LogP contribution < -0.4 is 10.1 Å². The first-order chi connectivity index (χ1) is 9.24. The van der Waals surface area contributed by atoms with Crippen LogP contribution in [0.3, 0.4) is 0 Å². The fraction of sp³-hybridized carbons (Fsp3) is 0.600. The summed E-state index contributed by atoms with van der Waals surface area (Å²) in [4.78, 5) is 0. The van der Waals surface area contributed by atoms with Crippen molar-refractivity contribution in [2.75, 3.05) is 27.4 Å². The first-order valence-electron chi connectivity index (χ1n) is 6.78. The number of rotatable bonds is 9. The predicted molar refractivity (Wildman–Crippen MR) is 76.6 cm³/mol. The summed E-state index contributed by atoms with van der Waals surface area (Å²) in [6.07, 6.45) is 0.601. The Hall–Kier alpha value is -1.10. The normalized spacial score (nSPS) is 12.7. The zero-order valence-electron chi connectivity index (χ0n) is 12.3. The molecule has 0 amide bonds. The van der Waals surface area contributed by atoms with Crippen LogP contribution in [0.1, 0.15) is 19.4 Å². The van der Waals surface area contributed by atoms with Crippen molar-refractivity contribution in [1.82, 2.24) is 5.32 Å².